The van der Waals surface area contributed by atoms with Gasteiger partial charge < -0.3 is 10.2 Å². The minimum atomic E-state index is -3.82. The SMILES string of the molecule is CCCNC(=O)[C@@H](CC)N(Cc1ccccc1C)C(=O)CN(c1ccccc1Cl)S(C)(=O)=O. The highest BCUT2D eigenvalue weighted by molar-refractivity contribution is 7.92. The quantitative estimate of drug-likeness (QED) is 0.516. The average molecular weight is 494 g/mol. The van der Waals surface area contributed by atoms with Crippen molar-refractivity contribution in [2.24, 2.45) is 0 Å². The van der Waals surface area contributed by atoms with Gasteiger partial charge in [-0.2, -0.15) is 0 Å². The molecule has 33 heavy (non-hydrogen) atoms. The van der Waals surface area contributed by atoms with Gasteiger partial charge in [0, 0.05) is 13.1 Å². The monoisotopic (exact) mass is 493 g/mol. The number of hydrogen-bond donors (Lipinski definition) is 1. The Kier molecular flexibility index (Phi) is 9.73. The van der Waals surface area contributed by atoms with Crippen molar-refractivity contribution in [3.63, 3.8) is 0 Å². The number of rotatable bonds is 11. The third kappa shape index (κ3) is 7.20. The molecule has 0 saturated carbocycles. The molecule has 0 aromatic heterocycles. The summed E-state index contributed by atoms with van der Waals surface area (Å²) in [6, 6.07) is 13.3. The van der Waals surface area contributed by atoms with E-state index in [-0.39, 0.29) is 23.2 Å². The van der Waals surface area contributed by atoms with Crippen LogP contribution in [0.5, 0.6) is 0 Å². The predicted octanol–water partition coefficient (Wildman–Crippen LogP) is 3.75. The highest BCUT2D eigenvalue weighted by Crippen LogP contribution is 2.27. The van der Waals surface area contributed by atoms with Crippen LogP contribution >= 0.6 is 11.6 Å². The van der Waals surface area contributed by atoms with Crippen LogP contribution in [0.15, 0.2) is 48.5 Å². The molecule has 0 aliphatic carbocycles. The Morgan fingerprint density at radius 1 is 1.06 bits per heavy atom. The number of halogens is 1. The number of amides is 2. The molecule has 0 aliphatic heterocycles. The predicted molar refractivity (Wildman–Crippen MR) is 133 cm³/mol. The molecule has 2 amide bonds. The van der Waals surface area contributed by atoms with E-state index in [1.807, 2.05) is 45.0 Å². The van der Waals surface area contributed by atoms with E-state index in [1.165, 1.54) is 4.90 Å². The molecule has 180 valence electrons. The van der Waals surface area contributed by atoms with Crippen molar-refractivity contribution in [3.8, 4) is 0 Å². The van der Waals surface area contributed by atoms with E-state index < -0.39 is 28.5 Å². The smallest absolute Gasteiger partial charge is 0.244 e. The lowest BCUT2D eigenvalue weighted by atomic mass is 10.1. The highest BCUT2D eigenvalue weighted by atomic mass is 35.5. The van der Waals surface area contributed by atoms with Gasteiger partial charge in [-0.15, -0.1) is 0 Å². The zero-order valence-electron chi connectivity index (χ0n) is 19.5. The topological polar surface area (TPSA) is 86.8 Å². The molecular weight excluding hydrogens is 462 g/mol. The number of carbonyl (C=O) groups is 2. The lowest BCUT2D eigenvalue weighted by molar-refractivity contribution is -0.140. The summed E-state index contributed by atoms with van der Waals surface area (Å²) in [6.07, 6.45) is 2.18. The fourth-order valence-corrected chi connectivity index (χ4v) is 4.65. The van der Waals surface area contributed by atoms with Crippen molar-refractivity contribution in [1.82, 2.24) is 10.2 Å². The molecule has 0 spiro atoms. The Balaban J connectivity index is 2.45. The van der Waals surface area contributed by atoms with Crippen LogP contribution in [0.25, 0.3) is 0 Å². The van der Waals surface area contributed by atoms with Gasteiger partial charge in [0.05, 0.1) is 17.0 Å². The van der Waals surface area contributed by atoms with Gasteiger partial charge in [-0.05, 0) is 43.0 Å². The number of hydrogen-bond acceptors (Lipinski definition) is 4. The molecule has 0 heterocycles. The van der Waals surface area contributed by atoms with Crippen molar-refractivity contribution >= 4 is 39.1 Å². The molecule has 0 aliphatic rings. The Morgan fingerprint density at radius 3 is 2.27 bits per heavy atom. The van der Waals surface area contributed by atoms with Crippen molar-refractivity contribution in [1.29, 1.82) is 0 Å². The molecule has 0 bridgehead atoms. The minimum Gasteiger partial charge on any atom is -0.354 e. The number of nitrogens with zero attached hydrogens (tertiary/aromatic N) is 2. The first kappa shape index (κ1) is 26.7. The largest absolute Gasteiger partial charge is 0.354 e. The molecule has 0 saturated heterocycles. The molecule has 0 radical (unpaired) electrons. The van der Waals surface area contributed by atoms with Gasteiger partial charge in [0.15, 0.2) is 0 Å². The van der Waals surface area contributed by atoms with Crippen molar-refractivity contribution in [3.05, 3.63) is 64.7 Å². The van der Waals surface area contributed by atoms with Gasteiger partial charge in [0.1, 0.15) is 12.6 Å². The summed E-state index contributed by atoms with van der Waals surface area (Å²) in [5.41, 5.74) is 2.08. The second kappa shape index (κ2) is 12.0. The molecule has 1 N–H and O–H groups in total. The fourth-order valence-electron chi connectivity index (χ4n) is 3.51. The number of nitrogens with one attached hydrogen (secondary N) is 1. The second-order valence-electron chi connectivity index (χ2n) is 7.88. The maximum absolute atomic E-state index is 13.6. The average Bonchev–Trinajstić information content (AvgIpc) is 2.76. The molecule has 9 heteroatoms. The standard InChI is InChI=1S/C24H32ClN3O4S/c1-5-15-26-24(30)21(6-2)27(16-19-12-8-7-11-18(19)3)23(29)17-28(33(4,31)32)22-14-10-9-13-20(22)25/h7-14,21H,5-6,15-17H2,1-4H3,(H,26,30)/t21-/m1/s1. The number of para-hydroxylation sites is 1. The van der Waals surface area contributed by atoms with Crippen molar-refractivity contribution in [2.45, 2.75) is 46.2 Å². The van der Waals surface area contributed by atoms with Gasteiger partial charge in [-0.1, -0.05) is 61.8 Å². The maximum Gasteiger partial charge on any atom is 0.244 e. The first-order chi connectivity index (χ1) is 15.6. The molecule has 0 unspecified atom stereocenters. The van der Waals surface area contributed by atoms with Crippen LogP contribution in [0.2, 0.25) is 5.02 Å². The minimum absolute atomic E-state index is 0.184. The number of carbonyl (C=O) groups excluding carboxylic acids is 2. The lowest BCUT2D eigenvalue weighted by Gasteiger charge is -2.33. The van der Waals surface area contributed by atoms with Crippen LogP contribution in [0.1, 0.15) is 37.8 Å². The van der Waals surface area contributed by atoms with Crippen LogP contribution in [0.4, 0.5) is 5.69 Å². The van der Waals surface area contributed by atoms with Crippen LogP contribution < -0.4 is 9.62 Å². The Labute approximate surface area is 201 Å². The molecule has 0 fully saturated rings. The second-order valence-corrected chi connectivity index (χ2v) is 10.2. The third-order valence-corrected chi connectivity index (χ3v) is 6.78. The Morgan fingerprint density at radius 2 is 1.70 bits per heavy atom. The van der Waals surface area contributed by atoms with E-state index in [1.54, 1.807) is 24.3 Å². The first-order valence-electron chi connectivity index (χ1n) is 10.9. The summed E-state index contributed by atoms with van der Waals surface area (Å²) in [6.45, 7) is 5.93. The summed E-state index contributed by atoms with van der Waals surface area (Å²) >= 11 is 6.24. The zero-order chi connectivity index (χ0) is 24.6. The molecule has 7 nitrogen and oxygen atoms in total. The Hall–Kier alpha value is -2.58. The number of aryl methyl sites for hydroxylation is 1. The number of anilines is 1. The van der Waals surface area contributed by atoms with E-state index >= 15 is 0 Å². The van der Waals surface area contributed by atoms with E-state index in [9.17, 15) is 18.0 Å². The van der Waals surface area contributed by atoms with Gasteiger partial charge in [0.2, 0.25) is 21.8 Å². The lowest BCUT2D eigenvalue weighted by Crippen LogP contribution is -2.52. The number of sulfonamides is 1. The van der Waals surface area contributed by atoms with E-state index in [0.717, 1.165) is 28.1 Å². The normalized spacial score (nSPS) is 12.2. The van der Waals surface area contributed by atoms with Crippen LogP contribution in [-0.2, 0) is 26.2 Å². The van der Waals surface area contributed by atoms with Gasteiger partial charge >= 0.3 is 0 Å². The van der Waals surface area contributed by atoms with Crippen molar-refractivity contribution in [2.75, 3.05) is 23.7 Å². The zero-order valence-corrected chi connectivity index (χ0v) is 21.1. The van der Waals surface area contributed by atoms with Crippen LogP contribution in [0.3, 0.4) is 0 Å². The maximum atomic E-state index is 13.6. The molecular formula is C24H32ClN3O4S. The molecule has 2 rings (SSSR count). The summed E-state index contributed by atoms with van der Waals surface area (Å²) in [5, 5.41) is 3.07. The van der Waals surface area contributed by atoms with Gasteiger partial charge in [-0.25, -0.2) is 8.42 Å². The summed E-state index contributed by atoms with van der Waals surface area (Å²) in [7, 11) is -3.82. The summed E-state index contributed by atoms with van der Waals surface area (Å²) in [5.74, 6) is -0.743. The third-order valence-electron chi connectivity index (χ3n) is 5.34. The van der Waals surface area contributed by atoms with Crippen LogP contribution in [0, 0.1) is 6.92 Å². The summed E-state index contributed by atoms with van der Waals surface area (Å²) in [4.78, 5) is 27.9. The van der Waals surface area contributed by atoms with Gasteiger partial charge in [-0.3, -0.25) is 13.9 Å². The summed E-state index contributed by atoms with van der Waals surface area (Å²) < 4.78 is 26.2. The molecule has 1 atom stereocenters. The molecule has 2 aromatic carbocycles. The van der Waals surface area contributed by atoms with E-state index in [2.05, 4.69) is 5.32 Å². The van der Waals surface area contributed by atoms with E-state index in [4.69, 9.17) is 11.6 Å². The number of benzene rings is 2. The molecule has 2 aromatic rings. The fraction of sp³-hybridized carbons (Fsp3) is 0.417. The van der Waals surface area contributed by atoms with Crippen molar-refractivity contribution < 1.29 is 18.0 Å². The first-order valence-corrected chi connectivity index (χ1v) is 13.2. The van der Waals surface area contributed by atoms with Crippen LogP contribution in [-0.4, -0.2) is 50.5 Å². The van der Waals surface area contributed by atoms with Gasteiger partial charge in [0.25, 0.3) is 0 Å². The van der Waals surface area contributed by atoms with E-state index in [0.29, 0.717) is 13.0 Å². The highest BCUT2D eigenvalue weighted by Gasteiger charge is 2.32. The Bertz CT molecular complexity index is 1070.